The third-order valence-electron chi connectivity index (χ3n) is 12.0. The molecule has 0 spiro atoms. The van der Waals surface area contributed by atoms with E-state index in [4.69, 9.17) is 14.2 Å². The lowest BCUT2D eigenvalue weighted by atomic mass is 9.14. The molecule has 3 rings (SSSR count). The van der Waals surface area contributed by atoms with E-state index in [2.05, 4.69) is 107 Å². The molecule has 0 saturated carbocycles. The summed E-state index contributed by atoms with van der Waals surface area (Å²) in [5, 5.41) is 0. The maximum atomic E-state index is 5.49. The molecule has 0 aliphatic rings. The van der Waals surface area contributed by atoms with Crippen LogP contribution in [0.1, 0.15) is 150 Å². The predicted octanol–water partition coefficient (Wildman–Crippen LogP) is 13.3. The number of hydrogen-bond acceptors (Lipinski definition) is 3. The number of benzene rings is 3. The van der Waals surface area contributed by atoms with Gasteiger partial charge in [-0.1, -0.05) is 161 Å². The second kappa shape index (κ2) is 28.9. The summed E-state index contributed by atoms with van der Waals surface area (Å²) in [5.41, 5.74) is 4.02. The largest absolute Gasteiger partial charge is 0.497 e. The Morgan fingerprint density at radius 1 is 0.352 bits per heavy atom. The number of rotatable bonds is 29. The van der Waals surface area contributed by atoms with E-state index in [1.165, 1.54) is 132 Å². The van der Waals surface area contributed by atoms with Crippen LogP contribution in [0.3, 0.4) is 0 Å². The molecule has 0 aromatic heterocycles. The van der Waals surface area contributed by atoms with Crippen LogP contribution in [0, 0.1) is 0 Å². The Morgan fingerprint density at radius 2 is 0.611 bits per heavy atom. The summed E-state index contributed by atoms with van der Waals surface area (Å²) in [5.74, 6) is 2.66. The molecule has 3 aromatic carbocycles. The number of ether oxygens (including phenoxy) is 3. The molecule has 0 heterocycles. The van der Waals surface area contributed by atoms with Gasteiger partial charge in [0.15, 0.2) is 0 Å². The first-order valence-corrected chi connectivity index (χ1v) is 24.9. The second-order valence-corrected chi connectivity index (χ2v) is 20.5. The van der Waals surface area contributed by atoms with Gasteiger partial charge < -0.3 is 14.2 Å². The summed E-state index contributed by atoms with van der Waals surface area (Å²) >= 11 is 0. The Balaban J connectivity index is 0.000000500. The first-order valence-electron chi connectivity index (χ1n) is 22.4. The van der Waals surface area contributed by atoms with E-state index in [1.54, 1.807) is 46.0 Å². The van der Waals surface area contributed by atoms with Gasteiger partial charge in [0, 0.05) is 7.26 Å². The lowest BCUT2D eigenvalue weighted by molar-refractivity contribution is 0.415. The van der Waals surface area contributed by atoms with E-state index in [0.29, 0.717) is 0 Å². The van der Waals surface area contributed by atoms with Crippen LogP contribution in [0.4, 0.5) is 0 Å². The lowest BCUT2D eigenvalue weighted by Gasteiger charge is -2.43. The molecule has 0 unspecified atom stereocenters. The van der Waals surface area contributed by atoms with Crippen LogP contribution in [-0.4, -0.2) is 52.1 Å². The predicted molar refractivity (Wildman–Crippen MR) is 246 cm³/mol. The minimum Gasteiger partial charge on any atom is -0.497 e. The van der Waals surface area contributed by atoms with E-state index in [1.807, 2.05) is 0 Å². The Hall–Kier alpha value is -2.45. The first kappa shape index (κ1) is 47.7. The molecule has 0 saturated heterocycles. The molecule has 0 aliphatic carbocycles. The van der Waals surface area contributed by atoms with Crippen LogP contribution in [0.5, 0.6) is 17.2 Å². The highest BCUT2D eigenvalue weighted by molar-refractivity contribution is 7.75. The minimum atomic E-state index is -1.18. The second-order valence-electron chi connectivity index (χ2n) is 16.0. The van der Waals surface area contributed by atoms with E-state index in [0.717, 1.165) is 23.6 Å². The smallest absolute Gasteiger partial charge is 0.118 e. The van der Waals surface area contributed by atoms with Gasteiger partial charge in [0.1, 0.15) is 17.2 Å². The van der Waals surface area contributed by atoms with Gasteiger partial charge in [0.05, 0.1) is 52.1 Å². The molecule has 3 aromatic rings. The Morgan fingerprint density at radius 3 is 0.870 bits per heavy atom. The molecule has 0 N–H and O–H groups in total. The lowest BCUT2D eigenvalue weighted by Crippen LogP contribution is -2.66. The van der Waals surface area contributed by atoms with Crippen molar-refractivity contribution in [2.75, 3.05) is 46.0 Å². The zero-order valence-electron chi connectivity index (χ0n) is 36.4. The van der Waals surface area contributed by atoms with Crippen molar-refractivity contribution in [1.82, 2.24) is 0 Å². The van der Waals surface area contributed by atoms with Crippen molar-refractivity contribution >= 4 is 29.8 Å². The maximum Gasteiger partial charge on any atom is 0.118 e. The van der Waals surface area contributed by atoms with Gasteiger partial charge in [0.2, 0.25) is 0 Å². The average molecular weight is 761 g/mol. The molecule has 0 radical (unpaired) electrons. The van der Waals surface area contributed by atoms with Crippen molar-refractivity contribution in [2.45, 2.75) is 157 Å². The van der Waals surface area contributed by atoms with Gasteiger partial charge in [-0.15, -0.1) is 0 Å². The van der Waals surface area contributed by atoms with Gasteiger partial charge in [-0.05, 0) is 62.1 Å². The highest BCUT2D eigenvalue weighted by atomic mass is 31.2. The van der Waals surface area contributed by atoms with Gasteiger partial charge in [-0.25, -0.2) is 0 Å². The highest BCUT2D eigenvalue weighted by Crippen LogP contribution is 2.61. The summed E-state index contributed by atoms with van der Waals surface area (Å²) < 4.78 is 16.5. The molecule has 3 nitrogen and oxygen atoms in total. The number of hydrogen-bond donors (Lipinski definition) is 0. The summed E-state index contributed by atoms with van der Waals surface area (Å²) in [6.07, 6.45) is 31.2. The normalized spacial score (nSPS) is 11.6. The molecule has 0 atom stereocenters. The molecule has 0 bridgehead atoms. The monoisotopic (exact) mass is 761 g/mol. The van der Waals surface area contributed by atoms with Crippen LogP contribution in [0.25, 0.3) is 0 Å². The van der Waals surface area contributed by atoms with Crippen LogP contribution in [0.2, 0.25) is 6.32 Å². The van der Waals surface area contributed by atoms with Gasteiger partial charge in [-0.3, -0.25) is 0 Å². The molecule has 54 heavy (non-hydrogen) atoms. The van der Waals surface area contributed by atoms with E-state index in [9.17, 15) is 0 Å². The van der Waals surface area contributed by atoms with E-state index < -0.39 is 13.4 Å². The Bertz CT molecular complexity index is 1160. The van der Waals surface area contributed by atoms with E-state index >= 15 is 0 Å². The van der Waals surface area contributed by atoms with Crippen molar-refractivity contribution in [1.29, 1.82) is 0 Å². The Labute approximate surface area is 335 Å². The highest BCUT2D eigenvalue weighted by Gasteiger charge is 2.34. The van der Waals surface area contributed by atoms with Crippen LogP contribution < -0.4 is 30.6 Å². The third kappa shape index (κ3) is 16.3. The zero-order valence-corrected chi connectivity index (χ0v) is 37.3. The van der Waals surface area contributed by atoms with Gasteiger partial charge >= 0.3 is 0 Å². The van der Waals surface area contributed by atoms with Crippen LogP contribution in [-0.2, 0) is 0 Å². The number of unbranched alkanes of at least 4 members (excludes halogenated alkanes) is 13. The minimum absolute atomic E-state index is 0.562. The van der Waals surface area contributed by atoms with Gasteiger partial charge in [-0.2, -0.15) is 22.7 Å². The summed E-state index contributed by atoms with van der Waals surface area (Å²) in [6.45, 7) is 11.7. The molecule has 0 amide bonds. The standard InChI is InChI=1S/C33H46BO3.C16H36P/c1-5-6-7-8-9-10-11-12-13-14-27-34(28-15-21-31(35-2)22-16-28,29-17-23-32(36-3)24-18-29)30-19-25-33(37-4)26-20-30;1-5-9-13-17(14-10-6-2,15-11-7-3)16-12-8-4/h15-26H,5-14,27H2,1-4H3;5-16H2,1-4H3/q-1;+1. The molecule has 5 heteroatoms. The van der Waals surface area contributed by atoms with Crippen molar-refractivity contribution < 1.29 is 14.2 Å². The van der Waals surface area contributed by atoms with Crippen molar-refractivity contribution in [3.8, 4) is 17.2 Å². The fourth-order valence-electron chi connectivity index (χ4n) is 8.46. The molecule has 304 valence electrons. The fraction of sp³-hybridized carbons (Fsp3) is 0.633. The van der Waals surface area contributed by atoms with E-state index in [-0.39, 0.29) is 0 Å². The molecular formula is C49H82BO3P. The SMILES string of the molecule is CCCCCCCCCCCC[B-](c1ccc(OC)cc1)(c1ccc(OC)cc1)c1ccc(OC)cc1.CCCC[P+](CCCC)(CCCC)CCCC. The van der Waals surface area contributed by atoms with Crippen LogP contribution in [0.15, 0.2) is 72.8 Å². The topological polar surface area (TPSA) is 27.7 Å². The fourth-order valence-corrected chi connectivity index (χ4v) is 13.7. The molecular weight excluding hydrogens is 678 g/mol. The quantitative estimate of drug-likeness (QED) is 0.0401. The zero-order chi connectivity index (χ0) is 39.3. The molecule has 0 fully saturated rings. The van der Waals surface area contributed by atoms with Gasteiger partial charge in [0.25, 0.3) is 0 Å². The number of methoxy groups -OCH3 is 3. The molecule has 0 aliphatic heterocycles. The third-order valence-corrected chi connectivity index (χ3v) is 17.0. The van der Waals surface area contributed by atoms with Crippen LogP contribution >= 0.6 is 7.26 Å². The van der Waals surface area contributed by atoms with Crippen molar-refractivity contribution in [3.63, 3.8) is 0 Å². The Kier molecular flexibility index (Phi) is 25.5. The summed E-state index contributed by atoms with van der Waals surface area (Å²) in [6, 6.07) is 26.1. The summed E-state index contributed by atoms with van der Waals surface area (Å²) in [7, 11) is 4.62. The van der Waals surface area contributed by atoms with Crippen molar-refractivity contribution in [3.05, 3.63) is 72.8 Å². The summed E-state index contributed by atoms with van der Waals surface area (Å²) in [4.78, 5) is 0. The first-order chi connectivity index (χ1) is 26.4. The van der Waals surface area contributed by atoms with Crippen molar-refractivity contribution in [2.24, 2.45) is 0 Å². The average Bonchev–Trinajstić information content (AvgIpc) is 3.23. The maximum absolute atomic E-state index is 5.49.